The van der Waals surface area contributed by atoms with Crippen LogP contribution in [0.5, 0.6) is 0 Å². The van der Waals surface area contributed by atoms with Gasteiger partial charge in [-0.25, -0.2) is 0 Å². The van der Waals surface area contributed by atoms with Crippen LogP contribution < -0.4 is 0 Å². The molecule has 2 aliphatic heterocycles. The van der Waals surface area contributed by atoms with Crippen LogP contribution >= 0.6 is 0 Å². The van der Waals surface area contributed by atoms with Gasteiger partial charge in [-0.15, -0.1) is 0 Å². The fourth-order valence-corrected chi connectivity index (χ4v) is 5.18. The fraction of sp³-hybridized carbons (Fsp3) is 0.273. The molecule has 0 radical (unpaired) electrons. The highest BCUT2D eigenvalue weighted by Crippen LogP contribution is 2.42. The molecule has 194 valence electrons. The highest BCUT2D eigenvalue weighted by molar-refractivity contribution is 5.22. The molecule has 0 spiro atoms. The van der Waals surface area contributed by atoms with Crippen molar-refractivity contribution in [3.8, 4) is 0 Å². The molecular weight excluding hydrogens is 476 g/mol. The zero-order chi connectivity index (χ0) is 25.6. The van der Waals surface area contributed by atoms with Crippen LogP contribution in [-0.2, 0) is 36.9 Å². The molecule has 0 saturated carbocycles. The molecule has 0 unspecified atom stereocenters. The number of hydrogen-bond donors (Lipinski definition) is 0. The summed E-state index contributed by atoms with van der Waals surface area (Å²) in [4.78, 5) is 0. The molecular formula is C33H32O5. The van der Waals surface area contributed by atoms with Crippen molar-refractivity contribution in [1.29, 1.82) is 0 Å². The van der Waals surface area contributed by atoms with Crippen molar-refractivity contribution in [3.63, 3.8) is 0 Å². The zero-order valence-corrected chi connectivity index (χ0v) is 21.2. The molecule has 4 aromatic rings. The topological polar surface area (TPSA) is 46.2 Å². The molecule has 6 rings (SSSR count). The van der Waals surface area contributed by atoms with Gasteiger partial charge in [0.1, 0.15) is 30.5 Å². The van der Waals surface area contributed by atoms with Crippen molar-refractivity contribution in [1.82, 2.24) is 0 Å². The summed E-state index contributed by atoms with van der Waals surface area (Å²) in [7, 11) is 0. The molecule has 5 nitrogen and oxygen atoms in total. The third-order valence-electron chi connectivity index (χ3n) is 7.10. The molecule has 0 aliphatic carbocycles. The molecule has 0 N–H and O–H groups in total. The van der Waals surface area contributed by atoms with Gasteiger partial charge in [0.2, 0.25) is 0 Å². The zero-order valence-electron chi connectivity index (χ0n) is 21.2. The van der Waals surface area contributed by atoms with Crippen LogP contribution in [0.25, 0.3) is 0 Å². The number of ether oxygens (including phenoxy) is 5. The van der Waals surface area contributed by atoms with E-state index in [4.69, 9.17) is 23.7 Å². The van der Waals surface area contributed by atoms with E-state index < -0.39 is 12.4 Å². The molecule has 5 heteroatoms. The Morgan fingerprint density at radius 2 is 1.05 bits per heavy atom. The second-order valence-corrected chi connectivity index (χ2v) is 9.70. The maximum Gasteiger partial charge on any atom is 0.184 e. The summed E-state index contributed by atoms with van der Waals surface area (Å²) in [6.45, 7) is 1.30. The minimum Gasteiger partial charge on any atom is -0.368 e. The predicted octanol–water partition coefficient (Wildman–Crippen LogP) is 6.41. The Kier molecular flexibility index (Phi) is 7.91. The maximum atomic E-state index is 6.69. The quantitative estimate of drug-likeness (QED) is 0.275. The molecule has 2 saturated heterocycles. The Morgan fingerprint density at radius 3 is 1.63 bits per heavy atom. The van der Waals surface area contributed by atoms with E-state index in [2.05, 4.69) is 36.4 Å². The third-order valence-corrected chi connectivity index (χ3v) is 7.10. The molecule has 0 bridgehead atoms. The maximum absolute atomic E-state index is 6.69. The number of hydrogen-bond acceptors (Lipinski definition) is 5. The van der Waals surface area contributed by atoms with E-state index >= 15 is 0 Å². The number of rotatable bonds is 8. The SMILES string of the molecule is c1ccc(CO[C@@H]2[C@@H](OCc3ccccc3)[C@@H](c3ccccc3)O[C@@H]3CO[C@@H](c4ccccc4)O[C@@H]23)cc1. The Balaban J connectivity index is 1.32. The monoisotopic (exact) mass is 508 g/mol. The van der Waals surface area contributed by atoms with Crippen LogP contribution in [0.3, 0.4) is 0 Å². The lowest BCUT2D eigenvalue weighted by Crippen LogP contribution is -2.60. The van der Waals surface area contributed by atoms with Crippen LogP contribution in [0, 0.1) is 0 Å². The summed E-state index contributed by atoms with van der Waals surface area (Å²) in [5, 5.41) is 0. The van der Waals surface area contributed by atoms with Gasteiger partial charge in [0.25, 0.3) is 0 Å². The summed E-state index contributed by atoms with van der Waals surface area (Å²) in [5.41, 5.74) is 4.21. The summed E-state index contributed by atoms with van der Waals surface area (Å²) >= 11 is 0. The Bertz CT molecular complexity index is 1250. The van der Waals surface area contributed by atoms with Gasteiger partial charge in [0.15, 0.2) is 6.29 Å². The van der Waals surface area contributed by atoms with Gasteiger partial charge < -0.3 is 23.7 Å². The van der Waals surface area contributed by atoms with E-state index in [1.807, 2.05) is 84.9 Å². The number of fused-ring (bicyclic) bond motifs is 1. The van der Waals surface area contributed by atoms with Crippen molar-refractivity contribution in [3.05, 3.63) is 144 Å². The summed E-state index contributed by atoms with van der Waals surface area (Å²) < 4.78 is 32.8. The van der Waals surface area contributed by atoms with Crippen LogP contribution in [0.2, 0.25) is 0 Å². The van der Waals surface area contributed by atoms with E-state index in [9.17, 15) is 0 Å². The van der Waals surface area contributed by atoms with Crippen molar-refractivity contribution in [2.75, 3.05) is 6.61 Å². The Labute approximate surface area is 223 Å². The lowest BCUT2D eigenvalue weighted by molar-refractivity contribution is -0.341. The van der Waals surface area contributed by atoms with Gasteiger partial charge in [0, 0.05) is 5.56 Å². The first-order valence-electron chi connectivity index (χ1n) is 13.2. The lowest BCUT2D eigenvalue weighted by Gasteiger charge is -2.49. The molecule has 0 amide bonds. The van der Waals surface area contributed by atoms with Crippen molar-refractivity contribution in [2.24, 2.45) is 0 Å². The minimum atomic E-state index is -0.494. The molecule has 2 aliphatic rings. The predicted molar refractivity (Wildman–Crippen MR) is 144 cm³/mol. The lowest BCUT2D eigenvalue weighted by atomic mass is 9.90. The largest absolute Gasteiger partial charge is 0.368 e. The van der Waals surface area contributed by atoms with Crippen molar-refractivity contribution >= 4 is 0 Å². The third kappa shape index (κ3) is 5.73. The van der Waals surface area contributed by atoms with Crippen LogP contribution in [-0.4, -0.2) is 31.0 Å². The van der Waals surface area contributed by atoms with Crippen LogP contribution in [0.4, 0.5) is 0 Å². The molecule has 0 aromatic heterocycles. The van der Waals surface area contributed by atoms with E-state index in [1.54, 1.807) is 0 Å². The van der Waals surface area contributed by atoms with Gasteiger partial charge in [-0.3, -0.25) is 0 Å². The molecule has 4 aromatic carbocycles. The normalized spacial score (nSPS) is 26.9. The van der Waals surface area contributed by atoms with Crippen molar-refractivity contribution < 1.29 is 23.7 Å². The average Bonchev–Trinajstić information content (AvgIpc) is 3.00. The van der Waals surface area contributed by atoms with Gasteiger partial charge in [-0.1, -0.05) is 121 Å². The minimum absolute atomic E-state index is 0.294. The van der Waals surface area contributed by atoms with E-state index in [-0.39, 0.29) is 24.4 Å². The van der Waals surface area contributed by atoms with Crippen LogP contribution in [0.1, 0.15) is 34.6 Å². The van der Waals surface area contributed by atoms with Crippen LogP contribution in [0.15, 0.2) is 121 Å². The first-order valence-corrected chi connectivity index (χ1v) is 13.2. The first-order chi connectivity index (χ1) is 18.8. The van der Waals surface area contributed by atoms with E-state index in [0.717, 1.165) is 22.3 Å². The van der Waals surface area contributed by atoms with Gasteiger partial charge >= 0.3 is 0 Å². The average molecular weight is 509 g/mol. The van der Waals surface area contributed by atoms with Crippen molar-refractivity contribution in [2.45, 2.75) is 50.0 Å². The summed E-state index contributed by atoms with van der Waals surface area (Å²) in [5.74, 6) is 0. The smallest absolute Gasteiger partial charge is 0.184 e. The second kappa shape index (κ2) is 12.0. The summed E-state index contributed by atoms with van der Waals surface area (Å²) in [6.07, 6.45) is -2.25. The highest BCUT2D eigenvalue weighted by Gasteiger charge is 2.51. The fourth-order valence-electron chi connectivity index (χ4n) is 5.18. The highest BCUT2D eigenvalue weighted by atomic mass is 16.7. The van der Waals surface area contributed by atoms with Gasteiger partial charge in [-0.2, -0.15) is 0 Å². The number of benzene rings is 4. The molecule has 38 heavy (non-hydrogen) atoms. The standard InChI is InChI=1S/C33H32O5/c1-5-13-24(14-6-1)21-34-31-29(26-17-9-3-10-18-26)37-28-23-36-33(27-19-11-4-12-20-27)38-30(28)32(31)35-22-25-15-7-2-8-16-25/h1-20,28-33H,21-23H2/t28-,29-,30-,31+,32+,33-/m1/s1. The van der Waals surface area contributed by atoms with Gasteiger partial charge in [0.05, 0.1) is 19.8 Å². The molecule has 2 fully saturated rings. The Hall–Kier alpha value is -3.32. The second-order valence-electron chi connectivity index (χ2n) is 9.70. The van der Waals surface area contributed by atoms with Gasteiger partial charge in [-0.05, 0) is 16.7 Å². The molecule has 2 heterocycles. The molecule has 6 atom stereocenters. The summed E-state index contributed by atoms with van der Waals surface area (Å²) in [6, 6.07) is 40.6. The first kappa shape index (κ1) is 25.0. The van der Waals surface area contributed by atoms with E-state index in [1.165, 1.54) is 0 Å². The van der Waals surface area contributed by atoms with E-state index in [0.29, 0.717) is 19.8 Å². The Morgan fingerprint density at radius 1 is 0.553 bits per heavy atom.